The molecule has 0 fully saturated rings. The van der Waals surface area contributed by atoms with Gasteiger partial charge in [-0.3, -0.25) is 0 Å². The summed E-state index contributed by atoms with van der Waals surface area (Å²) in [5.41, 5.74) is 8.23. The highest BCUT2D eigenvalue weighted by atomic mass is 14.4. The quantitative estimate of drug-likeness (QED) is 0.750. The Morgan fingerprint density at radius 1 is 0.962 bits per heavy atom. The molecule has 0 heteroatoms. The maximum absolute atomic E-state index is 2.40. The Labute approximate surface area is 154 Å². The molecule has 0 aliphatic heterocycles. The van der Waals surface area contributed by atoms with Gasteiger partial charge in [-0.05, 0) is 64.6 Å². The van der Waals surface area contributed by atoms with Gasteiger partial charge in [-0.1, -0.05) is 84.5 Å². The van der Waals surface area contributed by atoms with Crippen LogP contribution in [-0.4, -0.2) is 0 Å². The van der Waals surface area contributed by atoms with Gasteiger partial charge in [0.1, 0.15) is 0 Å². The minimum absolute atomic E-state index is 0.106. The molecule has 0 N–H and O–H groups in total. The molecule has 26 heavy (non-hydrogen) atoms. The van der Waals surface area contributed by atoms with Crippen molar-refractivity contribution >= 4 is 11.6 Å². The van der Waals surface area contributed by atoms with Gasteiger partial charge >= 0.3 is 0 Å². The van der Waals surface area contributed by atoms with Crippen LogP contribution in [0.25, 0.3) is 11.6 Å². The molecule has 1 atom stereocenters. The van der Waals surface area contributed by atoms with Crippen molar-refractivity contribution in [1.29, 1.82) is 0 Å². The lowest BCUT2D eigenvalue weighted by Gasteiger charge is -2.36. The Bertz CT molecular complexity index is 1150. The first-order valence-corrected chi connectivity index (χ1v) is 9.35. The summed E-state index contributed by atoms with van der Waals surface area (Å²) in [4.78, 5) is 0. The van der Waals surface area contributed by atoms with Crippen LogP contribution in [-0.2, 0) is 5.41 Å². The molecular weight excluding hydrogens is 312 g/mol. The van der Waals surface area contributed by atoms with E-state index in [2.05, 4.69) is 98.8 Å². The zero-order valence-electron chi connectivity index (χ0n) is 15.3. The second-order valence-electron chi connectivity index (χ2n) is 7.66. The Kier molecular flexibility index (Phi) is 3.30. The average molecular weight is 334 g/mol. The molecule has 3 aliphatic carbocycles. The van der Waals surface area contributed by atoms with Crippen LogP contribution in [0, 0.1) is 6.92 Å². The van der Waals surface area contributed by atoms with E-state index in [1.54, 1.807) is 0 Å². The van der Waals surface area contributed by atoms with Crippen molar-refractivity contribution < 1.29 is 0 Å². The van der Waals surface area contributed by atoms with Gasteiger partial charge in [0.15, 0.2) is 0 Å². The molecule has 0 saturated carbocycles. The normalized spacial score (nSPS) is 23.0. The van der Waals surface area contributed by atoms with Crippen LogP contribution in [0.2, 0.25) is 0 Å². The van der Waals surface area contributed by atoms with Crippen LogP contribution in [0.3, 0.4) is 0 Å². The Hall–Kier alpha value is -2.86. The highest BCUT2D eigenvalue weighted by Crippen LogP contribution is 2.47. The molecule has 0 bridgehead atoms. The van der Waals surface area contributed by atoms with Crippen molar-refractivity contribution in [1.82, 2.24) is 0 Å². The summed E-state index contributed by atoms with van der Waals surface area (Å²) >= 11 is 0. The van der Waals surface area contributed by atoms with Gasteiger partial charge in [-0.2, -0.15) is 0 Å². The molecule has 126 valence electrons. The summed E-state index contributed by atoms with van der Waals surface area (Å²) in [6.45, 7) is 4.53. The fraction of sp³-hybridized carbons (Fsp3) is 0.154. The highest BCUT2D eigenvalue weighted by molar-refractivity contribution is 5.92. The first-order valence-electron chi connectivity index (χ1n) is 9.35. The maximum Gasteiger partial charge on any atom is 0.0365 e. The molecule has 2 aromatic rings. The number of allylic oxidation sites excluding steroid dienone is 8. The minimum Gasteiger partial charge on any atom is -0.0801 e. The Balaban J connectivity index is 1.84. The molecule has 0 saturated heterocycles. The molecule has 5 rings (SSSR count). The van der Waals surface area contributed by atoms with Crippen LogP contribution in [0.5, 0.6) is 0 Å². The SMILES string of the molecule is Cc1ccc2c(c1)=CC1=C(C3=CC=CC3)C(C)(c3ccccc3)C=CC=21. The van der Waals surface area contributed by atoms with Gasteiger partial charge in [-0.25, -0.2) is 0 Å². The Morgan fingerprint density at radius 3 is 2.58 bits per heavy atom. The number of aryl methyl sites for hydroxylation is 1. The molecule has 2 aromatic carbocycles. The zero-order valence-corrected chi connectivity index (χ0v) is 15.3. The molecule has 0 nitrogen and oxygen atoms in total. The molecule has 0 aromatic heterocycles. The third-order valence-electron chi connectivity index (χ3n) is 5.93. The summed E-state index contributed by atoms with van der Waals surface area (Å²) in [7, 11) is 0. The highest BCUT2D eigenvalue weighted by Gasteiger charge is 2.36. The van der Waals surface area contributed by atoms with E-state index in [9.17, 15) is 0 Å². The van der Waals surface area contributed by atoms with Crippen molar-refractivity contribution in [3.8, 4) is 0 Å². The lowest BCUT2D eigenvalue weighted by Crippen LogP contribution is -2.28. The largest absolute Gasteiger partial charge is 0.0801 e. The van der Waals surface area contributed by atoms with Crippen molar-refractivity contribution in [3.05, 3.63) is 117 Å². The van der Waals surface area contributed by atoms with E-state index in [0.717, 1.165) is 6.42 Å². The zero-order chi connectivity index (χ0) is 17.7. The first kappa shape index (κ1) is 15.4. The topological polar surface area (TPSA) is 0 Å². The van der Waals surface area contributed by atoms with Crippen molar-refractivity contribution in [2.24, 2.45) is 0 Å². The van der Waals surface area contributed by atoms with Crippen LogP contribution < -0.4 is 10.4 Å². The predicted octanol–water partition coefficient (Wildman–Crippen LogP) is 4.65. The van der Waals surface area contributed by atoms with Gasteiger partial charge in [-0.15, -0.1) is 0 Å². The van der Waals surface area contributed by atoms with Gasteiger partial charge < -0.3 is 0 Å². The lowest BCUT2D eigenvalue weighted by molar-refractivity contribution is 0.701. The van der Waals surface area contributed by atoms with E-state index in [1.165, 1.54) is 43.9 Å². The van der Waals surface area contributed by atoms with Gasteiger partial charge in [0.05, 0.1) is 0 Å². The smallest absolute Gasteiger partial charge is 0.0365 e. The molecule has 0 heterocycles. The fourth-order valence-electron chi connectivity index (χ4n) is 4.59. The number of hydrogen-bond acceptors (Lipinski definition) is 0. The summed E-state index contributed by atoms with van der Waals surface area (Å²) in [5.74, 6) is 0. The van der Waals surface area contributed by atoms with E-state index in [4.69, 9.17) is 0 Å². The van der Waals surface area contributed by atoms with Crippen LogP contribution in [0.4, 0.5) is 0 Å². The van der Waals surface area contributed by atoms with Gasteiger partial charge in [0.2, 0.25) is 0 Å². The second-order valence-corrected chi connectivity index (χ2v) is 7.66. The van der Waals surface area contributed by atoms with E-state index >= 15 is 0 Å². The number of hydrogen-bond donors (Lipinski definition) is 0. The minimum atomic E-state index is -0.106. The summed E-state index contributed by atoms with van der Waals surface area (Å²) in [5, 5.41) is 2.71. The average Bonchev–Trinajstić information content (AvgIpc) is 3.29. The van der Waals surface area contributed by atoms with Crippen LogP contribution >= 0.6 is 0 Å². The van der Waals surface area contributed by atoms with E-state index < -0.39 is 0 Å². The molecule has 1 unspecified atom stereocenters. The first-order chi connectivity index (χ1) is 12.7. The summed E-state index contributed by atoms with van der Waals surface area (Å²) < 4.78 is 0. The van der Waals surface area contributed by atoms with Crippen molar-refractivity contribution in [3.63, 3.8) is 0 Å². The number of rotatable bonds is 2. The fourth-order valence-corrected chi connectivity index (χ4v) is 4.59. The number of benzene rings is 2. The van der Waals surface area contributed by atoms with Crippen LogP contribution in [0.1, 0.15) is 24.5 Å². The van der Waals surface area contributed by atoms with E-state index in [0.29, 0.717) is 0 Å². The lowest BCUT2D eigenvalue weighted by atomic mass is 9.67. The van der Waals surface area contributed by atoms with Gasteiger partial charge in [0.25, 0.3) is 0 Å². The van der Waals surface area contributed by atoms with Crippen molar-refractivity contribution in [2.45, 2.75) is 25.7 Å². The van der Waals surface area contributed by atoms with E-state index in [-0.39, 0.29) is 5.41 Å². The van der Waals surface area contributed by atoms with Crippen molar-refractivity contribution in [2.75, 3.05) is 0 Å². The van der Waals surface area contributed by atoms with Crippen LogP contribution in [0.15, 0.2) is 95.6 Å². The maximum atomic E-state index is 2.40. The Morgan fingerprint density at radius 2 is 1.81 bits per heavy atom. The molecule has 0 radical (unpaired) electrons. The molecular formula is C26H22. The summed E-state index contributed by atoms with van der Waals surface area (Å²) in [6, 6.07) is 17.7. The third kappa shape index (κ3) is 2.15. The molecule has 0 spiro atoms. The molecule has 3 aliphatic rings. The van der Waals surface area contributed by atoms with Gasteiger partial charge in [0, 0.05) is 5.41 Å². The standard InChI is InChI=1S/C26H22/c1-18-12-13-22-20(16-18)17-24-23(22)14-15-26(2,21-10-4-3-5-11-21)25(24)19-8-6-7-9-19/h3-8,10-17H,9H2,1-2H3. The summed E-state index contributed by atoms with van der Waals surface area (Å²) in [6.07, 6.45) is 14.9. The third-order valence-corrected chi connectivity index (χ3v) is 5.93. The monoisotopic (exact) mass is 334 g/mol. The predicted molar refractivity (Wildman–Crippen MR) is 110 cm³/mol. The second kappa shape index (κ2) is 5.57. The van der Waals surface area contributed by atoms with E-state index in [1.807, 2.05) is 0 Å². The number of fused-ring (bicyclic) bond motifs is 2. The molecule has 0 amide bonds.